The van der Waals surface area contributed by atoms with Crippen molar-refractivity contribution in [1.29, 1.82) is 0 Å². The highest BCUT2D eigenvalue weighted by Crippen LogP contribution is 2.25. The fraction of sp³-hybridized carbons (Fsp3) is 0.353. The average molecular weight is 344 g/mol. The van der Waals surface area contributed by atoms with Gasteiger partial charge in [-0.1, -0.05) is 0 Å². The van der Waals surface area contributed by atoms with Crippen molar-refractivity contribution in [3.8, 4) is 10.8 Å². The summed E-state index contributed by atoms with van der Waals surface area (Å²) in [5.41, 5.74) is 3.74. The molecule has 0 spiro atoms. The first-order chi connectivity index (χ1) is 11.5. The third kappa shape index (κ3) is 3.26. The fourth-order valence-electron chi connectivity index (χ4n) is 2.61. The van der Waals surface area contributed by atoms with Gasteiger partial charge in [-0.2, -0.15) is 5.10 Å². The molecule has 0 aliphatic rings. The first kappa shape index (κ1) is 16.4. The summed E-state index contributed by atoms with van der Waals surface area (Å²) < 4.78 is 7.40. The summed E-state index contributed by atoms with van der Waals surface area (Å²) in [6.07, 6.45) is 0.756. The Morgan fingerprint density at radius 3 is 2.75 bits per heavy atom. The van der Waals surface area contributed by atoms with Gasteiger partial charge in [-0.25, -0.2) is 4.98 Å². The lowest BCUT2D eigenvalue weighted by Crippen LogP contribution is -2.26. The minimum absolute atomic E-state index is 0.167. The number of aromatic nitrogens is 3. The summed E-state index contributed by atoms with van der Waals surface area (Å²) >= 11 is 1.40. The molecule has 7 heteroatoms. The van der Waals surface area contributed by atoms with Crippen LogP contribution in [0.4, 0.5) is 0 Å². The van der Waals surface area contributed by atoms with Crippen molar-refractivity contribution in [2.75, 3.05) is 6.54 Å². The summed E-state index contributed by atoms with van der Waals surface area (Å²) in [6, 6.07) is 3.75. The normalized spacial score (nSPS) is 11.0. The van der Waals surface area contributed by atoms with Crippen molar-refractivity contribution in [3.05, 3.63) is 45.9 Å². The Hall–Kier alpha value is -2.41. The quantitative estimate of drug-likeness (QED) is 0.772. The number of carbonyl (C=O) groups is 1. The molecule has 0 bridgehead atoms. The predicted molar refractivity (Wildman–Crippen MR) is 93.3 cm³/mol. The molecular weight excluding hydrogens is 324 g/mol. The van der Waals surface area contributed by atoms with Crippen LogP contribution < -0.4 is 5.32 Å². The molecule has 1 N–H and O–H groups in total. The second-order valence-electron chi connectivity index (χ2n) is 5.73. The Morgan fingerprint density at radius 1 is 1.33 bits per heavy atom. The second kappa shape index (κ2) is 6.60. The van der Waals surface area contributed by atoms with Crippen molar-refractivity contribution in [1.82, 2.24) is 20.1 Å². The molecule has 1 amide bonds. The summed E-state index contributed by atoms with van der Waals surface area (Å²) in [5.74, 6) is 1.35. The zero-order chi connectivity index (χ0) is 17.3. The van der Waals surface area contributed by atoms with E-state index >= 15 is 0 Å². The van der Waals surface area contributed by atoms with Gasteiger partial charge >= 0.3 is 0 Å². The largest absolute Gasteiger partial charge is 0.459 e. The van der Waals surface area contributed by atoms with E-state index in [1.165, 1.54) is 16.9 Å². The minimum Gasteiger partial charge on any atom is -0.459 e. The number of rotatable bonds is 5. The van der Waals surface area contributed by atoms with Gasteiger partial charge < -0.3 is 9.73 Å². The number of amides is 1. The van der Waals surface area contributed by atoms with Gasteiger partial charge in [-0.05, 0) is 44.9 Å². The summed E-state index contributed by atoms with van der Waals surface area (Å²) in [7, 11) is 1.93. The Bertz CT molecular complexity index is 875. The van der Waals surface area contributed by atoms with E-state index < -0.39 is 0 Å². The molecule has 126 valence electrons. The smallest absolute Gasteiger partial charge is 0.270 e. The lowest BCUT2D eigenvalue weighted by Gasteiger charge is -2.04. The molecule has 3 aromatic heterocycles. The van der Waals surface area contributed by atoms with Crippen LogP contribution in [0.25, 0.3) is 10.8 Å². The molecule has 3 heterocycles. The zero-order valence-electron chi connectivity index (χ0n) is 14.2. The monoisotopic (exact) mass is 344 g/mol. The van der Waals surface area contributed by atoms with E-state index in [1.807, 2.05) is 44.6 Å². The Labute approximate surface area is 144 Å². The van der Waals surface area contributed by atoms with Crippen molar-refractivity contribution in [2.24, 2.45) is 7.05 Å². The van der Waals surface area contributed by atoms with Crippen molar-refractivity contribution in [2.45, 2.75) is 27.2 Å². The third-order valence-corrected chi connectivity index (χ3v) is 4.86. The zero-order valence-corrected chi connectivity index (χ0v) is 15.0. The molecule has 0 radical (unpaired) electrons. The average Bonchev–Trinajstić information content (AvgIpc) is 3.23. The van der Waals surface area contributed by atoms with Gasteiger partial charge in [0.05, 0.1) is 5.69 Å². The first-order valence-electron chi connectivity index (χ1n) is 7.75. The maximum Gasteiger partial charge on any atom is 0.270 e. The first-order valence-corrected chi connectivity index (χ1v) is 8.63. The molecule has 0 atom stereocenters. The summed E-state index contributed by atoms with van der Waals surface area (Å²) in [5, 5.41) is 9.78. The Kier molecular flexibility index (Phi) is 4.53. The molecule has 3 rings (SSSR count). The Morgan fingerprint density at radius 2 is 2.12 bits per heavy atom. The van der Waals surface area contributed by atoms with E-state index in [-0.39, 0.29) is 5.91 Å². The van der Waals surface area contributed by atoms with Crippen LogP contribution in [0.5, 0.6) is 0 Å². The SMILES string of the molecule is Cc1ccc(-c2nc(C(=O)NCCc3c(C)nn(C)c3C)cs2)o1. The summed E-state index contributed by atoms with van der Waals surface area (Å²) in [6.45, 7) is 6.46. The molecular formula is C17H20N4O2S. The van der Waals surface area contributed by atoms with Crippen LogP contribution in [0.3, 0.4) is 0 Å². The topological polar surface area (TPSA) is 73.0 Å². The van der Waals surface area contributed by atoms with Crippen molar-refractivity contribution < 1.29 is 9.21 Å². The molecule has 0 saturated carbocycles. The number of carbonyl (C=O) groups excluding carboxylic acids is 1. The number of furan rings is 1. The molecule has 6 nitrogen and oxygen atoms in total. The number of hydrogen-bond donors (Lipinski definition) is 1. The Balaban J connectivity index is 1.60. The van der Waals surface area contributed by atoms with Crippen LogP contribution in [0, 0.1) is 20.8 Å². The van der Waals surface area contributed by atoms with Gasteiger partial charge in [0.15, 0.2) is 10.8 Å². The third-order valence-electron chi connectivity index (χ3n) is 4.01. The maximum atomic E-state index is 12.2. The van der Waals surface area contributed by atoms with Gasteiger partial charge in [0, 0.05) is 24.7 Å². The number of aryl methyl sites for hydroxylation is 3. The number of nitrogens with zero attached hydrogens (tertiary/aromatic N) is 3. The predicted octanol–water partition coefficient (Wildman–Crippen LogP) is 3.03. The van der Waals surface area contributed by atoms with E-state index in [0.717, 1.165) is 23.6 Å². The van der Waals surface area contributed by atoms with E-state index in [4.69, 9.17) is 4.42 Å². The van der Waals surface area contributed by atoms with Gasteiger partial charge in [0.25, 0.3) is 5.91 Å². The van der Waals surface area contributed by atoms with Crippen LogP contribution in [0.2, 0.25) is 0 Å². The minimum atomic E-state index is -0.167. The molecule has 0 unspecified atom stereocenters. The molecule has 0 aliphatic carbocycles. The van der Waals surface area contributed by atoms with E-state index in [2.05, 4.69) is 15.4 Å². The van der Waals surface area contributed by atoms with Crippen LogP contribution in [-0.2, 0) is 13.5 Å². The van der Waals surface area contributed by atoms with Crippen molar-refractivity contribution >= 4 is 17.2 Å². The molecule has 24 heavy (non-hydrogen) atoms. The number of thiazole rings is 1. The van der Waals surface area contributed by atoms with E-state index in [1.54, 1.807) is 5.38 Å². The molecule has 0 fully saturated rings. The molecule has 0 saturated heterocycles. The highest BCUT2D eigenvalue weighted by molar-refractivity contribution is 7.13. The van der Waals surface area contributed by atoms with Gasteiger partial charge in [0.1, 0.15) is 11.5 Å². The van der Waals surface area contributed by atoms with Crippen molar-refractivity contribution in [3.63, 3.8) is 0 Å². The van der Waals surface area contributed by atoms with Crippen LogP contribution >= 0.6 is 11.3 Å². The molecule has 0 aliphatic heterocycles. The van der Waals surface area contributed by atoms with E-state index in [0.29, 0.717) is 23.0 Å². The highest BCUT2D eigenvalue weighted by Gasteiger charge is 2.14. The standard InChI is InChI=1S/C17H20N4O2S/c1-10-5-6-15(23-10)17-19-14(9-24-17)16(22)18-8-7-13-11(2)20-21(4)12(13)3/h5-6,9H,7-8H2,1-4H3,(H,18,22). The summed E-state index contributed by atoms with van der Waals surface area (Å²) in [4.78, 5) is 16.6. The fourth-order valence-corrected chi connectivity index (χ4v) is 3.37. The second-order valence-corrected chi connectivity index (χ2v) is 6.59. The lowest BCUT2D eigenvalue weighted by molar-refractivity contribution is 0.0950. The van der Waals surface area contributed by atoms with E-state index in [9.17, 15) is 4.79 Å². The van der Waals surface area contributed by atoms with Crippen LogP contribution in [0.15, 0.2) is 21.9 Å². The number of nitrogens with one attached hydrogen (secondary N) is 1. The van der Waals surface area contributed by atoms with Crippen LogP contribution in [-0.4, -0.2) is 27.2 Å². The molecule has 0 aromatic carbocycles. The maximum absolute atomic E-state index is 12.2. The van der Waals surface area contributed by atoms with Gasteiger partial charge in [-0.15, -0.1) is 11.3 Å². The highest BCUT2D eigenvalue weighted by atomic mass is 32.1. The number of hydrogen-bond acceptors (Lipinski definition) is 5. The lowest BCUT2D eigenvalue weighted by atomic mass is 10.1. The molecule has 3 aromatic rings. The van der Waals surface area contributed by atoms with Crippen LogP contribution in [0.1, 0.15) is 33.2 Å². The van der Waals surface area contributed by atoms with Gasteiger partial charge in [0.2, 0.25) is 0 Å². The van der Waals surface area contributed by atoms with Gasteiger partial charge in [-0.3, -0.25) is 9.48 Å².